The molecule has 0 aromatic heterocycles. The van der Waals surface area contributed by atoms with Gasteiger partial charge in [-0.15, -0.1) is 0 Å². The molecule has 4 nitrogen and oxygen atoms in total. The number of hydrogen-bond donors (Lipinski definition) is 1. The van der Waals surface area contributed by atoms with Crippen molar-refractivity contribution in [2.24, 2.45) is 11.7 Å². The van der Waals surface area contributed by atoms with E-state index in [1.165, 1.54) is 5.56 Å². The molecule has 1 aromatic carbocycles. The van der Waals surface area contributed by atoms with Crippen molar-refractivity contribution in [1.29, 1.82) is 0 Å². The molecule has 18 heavy (non-hydrogen) atoms. The Morgan fingerprint density at radius 1 is 1.33 bits per heavy atom. The zero-order valence-electron chi connectivity index (χ0n) is 10.8. The SMILES string of the molecule is CC1CN(Cc2ccc3c(c2)OCO3)CCC1N. The molecule has 1 fully saturated rings. The standard InChI is InChI=1S/C14H20N2O2/c1-10-7-16(5-4-12(10)15)8-11-2-3-13-14(6-11)18-9-17-13/h2-3,6,10,12H,4-5,7-9,15H2,1H3. The molecule has 0 aliphatic carbocycles. The van der Waals surface area contributed by atoms with Gasteiger partial charge < -0.3 is 15.2 Å². The molecule has 2 atom stereocenters. The predicted molar refractivity (Wildman–Crippen MR) is 69.6 cm³/mol. The van der Waals surface area contributed by atoms with Crippen LogP contribution in [-0.4, -0.2) is 30.8 Å². The molecule has 0 amide bonds. The van der Waals surface area contributed by atoms with Gasteiger partial charge in [0.2, 0.25) is 6.79 Å². The van der Waals surface area contributed by atoms with Crippen LogP contribution in [0.4, 0.5) is 0 Å². The molecule has 2 N–H and O–H groups in total. The lowest BCUT2D eigenvalue weighted by atomic mass is 9.94. The van der Waals surface area contributed by atoms with Gasteiger partial charge in [-0.25, -0.2) is 0 Å². The Kier molecular flexibility index (Phi) is 3.14. The summed E-state index contributed by atoms with van der Waals surface area (Å²) in [6, 6.07) is 6.56. The Bertz CT molecular complexity index is 436. The van der Waals surface area contributed by atoms with E-state index in [1.54, 1.807) is 0 Å². The normalized spacial score (nSPS) is 27.4. The molecule has 0 saturated carbocycles. The highest BCUT2D eigenvalue weighted by Crippen LogP contribution is 2.33. The summed E-state index contributed by atoms with van der Waals surface area (Å²) in [6.07, 6.45) is 1.09. The molecule has 0 radical (unpaired) electrons. The lowest BCUT2D eigenvalue weighted by molar-refractivity contribution is 0.157. The van der Waals surface area contributed by atoms with Gasteiger partial charge in [-0.3, -0.25) is 4.90 Å². The Hall–Kier alpha value is -1.26. The number of nitrogens with zero attached hydrogens (tertiary/aromatic N) is 1. The lowest BCUT2D eigenvalue weighted by Crippen LogP contribution is -2.45. The number of fused-ring (bicyclic) bond motifs is 1. The van der Waals surface area contributed by atoms with Crippen molar-refractivity contribution in [3.05, 3.63) is 23.8 Å². The zero-order valence-corrected chi connectivity index (χ0v) is 10.8. The number of nitrogens with two attached hydrogens (primary N) is 1. The van der Waals surface area contributed by atoms with Crippen molar-refractivity contribution in [1.82, 2.24) is 4.90 Å². The number of likely N-dealkylation sites (tertiary alicyclic amines) is 1. The summed E-state index contributed by atoms with van der Waals surface area (Å²) in [5.74, 6) is 2.30. The van der Waals surface area contributed by atoms with Crippen molar-refractivity contribution >= 4 is 0 Å². The third-order valence-corrected chi connectivity index (χ3v) is 3.90. The second-order valence-electron chi connectivity index (χ2n) is 5.35. The van der Waals surface area contributed by atoms with E-state index < -0.39 is 0 Å². The molecule has 98 valence electrons. The minimum Gasteiger partial charge on any atom is -0.454 e. The third-order valence-electron chi connectivity index (χ3n) is 3.90. The van der Waals surface area contributed by atoms with E-state index in [0.717, 1.165) is 37.6 Å². The van der Waals surface area contributed by atoms with Crippen molar-refractivity contribution in [3.8, 4) is 11.5 Å². The summed E-state index contributed by atoms with van der Waals surface area (Å²) in [4.78, 5) is 2.46. The fraction of sp³-hybridized carbons (Fsp3) is 0.571. The van der Waals surface area contributed by atoms with E-state index in [1.807, 2.05) is 6.07 Å². The number of ether oxygens (including phenoxy) is 2. The van der Waals surface area contributed by atoms with E-state index in [4.69, 9.17) is 15.2 Å². The minimum absolute atomic E-state index is 0.342. The molecule has 1 aromatic rings. The van der Waals surface area contributed by atoms with Crippen LogP contribution in [0.5, 0.6) is 11.5 Å². The van der Waals surface area contributed by atoms with Crippen LogP contribution in [0.25, 0.3) is 0 Å². The monoisotopic (exact) mass is 248 g/mol. The molecule has 0 bridgehead atoms. The fourth-order valence-electron chi connectivity index (χ4n) is 2.69. The quantitative estimate of drug-likeness (QED) is 0.863. The van der Waals surface area contributed by atoms with Crippen LogP contribution < -0.4 is 15.2 Å². The van der Waals surface area contributed by atoms with Crippen LogP contribution in [0, 0.1) is 5.92 Å². The first-order chi connectivity index (χ1) is 8.72. The number of benzene rings is 1. The second-order valence-corrected chi connectivity index (χ2v) is 5.35. The summed E-state index contributed by atoms with van der Waals surface area (Å²) >= 11 is 0. The van der Waals surface area contributed by atoms with Crippen molar-refractivity contribution in [2.75, 3.05) is 19.9 Å². The van der Waals surface area contributed by atoms with E-state index in [-0.39, 0.29) is 0 Å². The summed E-state index contributed by atoms with van der Waals surface area (Å²) < 4.78 is 10.7. The van der Waals surface area contributed by atoms with Gasteiger partial charge in [-0.2, -0.15) is 0 Å². The molecule has 2 aliphatic heterocycles. The predicted octanol–water partition coefficient (Wildman–Crippen LogP) is 1.58. The van der Waals surface area contributed by atoms with Crippen LogP contribution >= 0.6 is 0 Å². The highest BCUT2D eigenvalue weighted by molar-refractivity contribution is 5.44. The van der Waals surface area contributed by atoms with Gasteiger partial charge in [-0.05, 0) is 36.6 Å². The van der Waals surface area contributed by atoms with Gasteiger partial charge in [0.15, 0.2) is 11.5 Å². The van der Waals surface area contributed by atoms with E-state index in [2.05, 4.69) is 24.0 Å². The number of hydrogen-bond acceptors (Lipinski definition) is 4. The summed E-state index contributed by atoms with van der Waals surface area (Å²) in [6.45, 7) is 5.70. The third kappa shape index (κ3) is 2.31. The first-order valence-corrected chi connectivity index (χ1v) is 6.59. The first-order valence-electron chi connectivity index (χ1n) is 6.59. The van der Waals surface area contributed by atoms with Crippen LogP contribution in [0.2, 0.25) is 0 Å². The van der Waals surface area contributed by atoms with E-state index in [0.29, 0.717) is 18.8 Å². The van der Waals surface area contributed by atoms with Crippen LogP contribution in [0.15, 0.2) is 18.2 Å². The van der Waals surface area contributed by atoms with Crippen LogP contribution in [-0.2, 0) is 6.54 Å². The van der Waals surface area contributed by atoms with Gasteiger partial charge in [0, 0.05) is 19.1 Å². The largest absolute Gasteiger partial charge is 0.454 e. The van der Waals surface area contributed by atoms with E-state index in [9.17, 15) is 0 Å². The fourth-order valence-corrected chi connectivity index (χ4v) is 2.69. The summed E-state index contributed by atoms with van der Waals surface area (Å²) in [5.41, 5.74) is 7.32. The minimum atomic E-state index is 0.342. The molecule has 0 spiro atoms. The smallest absolute Gasteiger partial charge is 0.231 e. The van der Waals surface area contributed by atoms with E-state index >= 15 is 0 Å². The topological polar surface area (TPSA) is 47.7 Å². The molecule has 3 rings (SSSR count). The molecule has 2 aliphatic rings. The first kappa shape index (κ1) is 11.8. The average Bonchev–Trinajstić information content (AvgIpc) is 2.81. The Morgan fingerprint density at radius 3 is 3.00 bits per heavy atom. The molecule has 2 heterocycles. The van der Waals surface area contributed by atoms with Crippen LogP contribution in [0.1, 0.15) is 18.9 Å². The van der Waals surface area contributed by atoms with Crippen LogP contribution in [0.3, 0.4) is 0 Å². The molecule has 4 heteroatoms. The van der Waals surface area contributed by atoms with Gasteiger partial charge in [0.05, 0.1) is 0 Å². The number of rotatable bonds is 2. The van der Waals surface area contributed by atoms with Crippen molar-refractivity contribution in [2.45, 2.75) is 25.9 Å². The molecule has 1 saturated heterocycles. The van der Waals surface area contributed by atoms with Gasteiger partial charge in [-0.1, -0.05) is 13.0 Å². The van der Waals surface area contributed by atoms with Gasteiger partial charge in [0.1, 0.15) is 0 Å². The summed E-state index contributed by atoms with van der Waals surface area (Å²) in [5, 5.41) is 0. The molecule has 2 unspecified atom stereocenters. The molecular formula is C14H20N2O2. The highest BCUT2D eigenvalue weighted by atomic mass is 16.7. The van der Waals surface area contributed by atoms with Gasteiger partial charge >= 0.3 is 0 Å². The Labute approximate surface area is 108 Å². The maximum absolute atomic E-state index is 6.04. The maximum Gasteiger partial charge on any atom is 0.231 e. The summed E-state index contributed by atoms with van der Waals surface area (Å²) in [7, 11) is 0. The zero-order chi connectivity index (χ0) is 12.5. The number of piperidine rings is 1. The lowest BCUT2D eigenvalue weighted by Gasteiger charge is -2.35. The highest BCUT2D eigenvalue weighted by Gasteiger charge is 2.23. The van der Waals surface area contributed by atoms with Crippen molar-refractivity contribution < 1.29 is 9.47 Å². The average molecular weight is 248 g/mol. The van der Waals surface area contributed by atoms with Crippen molar-refractivity contribution in [3.63, 3.8) is 0 Å². The second kappa shape index (κ2) is 4.78. The Balaban J connectivity index is 1.66. The molecular weight excluding hydrogens is 228 g/mol. The Morgan fingerprint density at radius 2 is 2.17 bits per heavy atom. The van der Waals surface area contributed by atoms with Gasteiger partial charge in [0.25, 0.3) is 0 Å². The maximum atomic E-state index is 6.04.